The zero-order chi connectivity index (χ0) is 16.4. The van der Waals surface area contributed by atoms with E-state index in [1.165, 1.54) is 0 Å². The lowest BCUT2D eigenvalue weighted by atomic mass is 10.1. The van der Waals surface area contributed by atoms with Crippen molar-refractivity contribution in [3.05, 3.63) is 68.1 Å². The normalized spacial score (nSPS) is 18.0. The van der Waals surface area contributed by atoms with Crippen LogP contribution in [0.25, 0.3) is 0 Å². The number of rotatable bonds is 2. The summed E-state index contributed by atoms with van der Waals surface area (Å²) < 4.78 is 6.68. The monoisotopic (exact) mass is 413 g/mol. The minimum atomic E-state index is -0.226. The van der Waals surface area contributed by atoms with Gasteiger partial charge in [0.2, 0.25) is 0 Å². The van der Waals surface area contributed by atoms with Crippen LogP contribution in [0.5, 0.6) is 0 Å². The van der Waals surface area contributed by atoms with Crippen LogP contribution in [0.1, 0.15) is 22.0 Å². The second-order valence-corrected chi connectivity index (χ2v) is 7.11. The molecular formula is C17H14BrCl2NO2. The molecule has 1 unspecified atom stereocenters. The Kier molecular flexibility index (Phi) is 5.27. The molecule has 0 spiro atoms. The first-order valence-electron chi connectivity index (χ1n) is 7.15. The summed E-state index contributed by atoms with van der Waals surface area (Å²) in [6.07, 6.45) is -0.226. The molecule has 1 saturated heterocycles. The average molecular weight is 415 g/mol. The van der Waals surface area contributed by atoms with Gasteiger partial charge in [-0.3, -0.25) is 4.79 Å². The minimum Gasteiger partial charge on any atom is -0.370 e. The summed E-state index contributed by atoms with van der Waals surface area (Å²) in [6.45, 7) is 1.52. The number of hydrogen-bond donors (Lipinski definition) is 0. The maximum absolute atomic E-state index is 12.7. The first-order valence-corrected chi connectivity index (χ1v) is 8.70. The third kappa shape index (κ3) is 4.07. The highest BCUT2D eigenvalue weighted by Gasteiger charge is 2.26. The Morgan fingerprint density at radius 1 is 1.17 bits per heavy atom. The molecule has 1 aliphatic heterocycles. The van der Waals surface area contributed by atoms with Gasteiger partial charge in [0.25, 0.3) is 5.91 Å². The van der Waals surface area contributed by atoms with Gasteiger partial charge in [0, 0.05) is 26.6 Å². The van der Waals surface area contributed by atoms with Crippen LogP contribution in [0.4, 0.5) is 0 Å². The van der Waals surface area contributed by atoms with E-state index in [-0.39, 0.29) is 12.0 Å². The first kappa shape index (κ1) is 16.8. The molecule has 1 amide bonds. The van der Waals surface area contributed by atoms with Crippen molar-refractivity contribution >= 4 is 45.0 Å². The van der Waals surface area contributed by atoms with Gasteiger partial charge in [-0.15, -0.1) is 0 Å². The quantitative estimate of drug-likeness (QED) is 0.694. The third-order valence-corrected chi connectivity index (χ3v) is 4.61. The molecule has 1 atom stereocenters. The number of halogens is 3. The number of morpholine rings is 1. The van der Waals surface area contributed by atoms with Gasteiger partial charge in [-0.05, 0) is 42.0 Å². The van der Waals surface area contributed by atoms with Gasteiger partial charge >= 0.3 is 0 Å². The number of nitrogens with zero attached hydrogens (tertiary/aromatic N) is 1. The van der Waals surface area contributed by atoms with Crippen molar-refractivity contribution in [1.82, 2.24) is 4.90 Å². The largest absolute Gasteiger partial charge is 0.370 e. The maximum atomic E-state index is 12.7. The second kappa shape index (κ2) is 7.22. The fourth-order valence-electron chi connectivity index (χ4n) is 2.60. The van der Waals surface area contributed by atoms with Crippen LogP contribution >= 0.6 is 39.1 Å². The van der Waals surface area contributed by atoms with E-state index in [2.05, 4.69) is 15.9 Å². The van der Waals surface area contributed by atoms with Crippen LogP contribution in [-0.2, 0) is 4.74 Å². The van der Waals surface area contributed by atoms with E-state index in [4.69, 9.17) is 27.9 Å². The Hall–Kier alpha value is -1.07. The Bertz CT molecular complexity index is 718. The summed E-state index contributed by atoms with van der Waals surface area (Å²) in [5.41, 5.74) is 1.54. The molecule has 120 valence electrons. The number of carbonyl (C=O) groups excluding carboxylic acids is 1. The number of ether oxygens (including phenoxy) is 1. The number of hydrogen-bond acceptors (Lipinski definition) is 2. The molecule has 0 aromatic heterocycles. The van der Waals surface area contributed by atoms with Crippen molar-refractivity contribution in [2.75, 3.05) is 19.7 Å². The molecule has 0 N–H and O–H groups in total. The molecule has 1 fully saturated rings. The molecule has 3 rings (SSSR count). The zero-order valence-corrected chi connectivity index (χ0v) is 15.2. The van der Waals surface area contributed by atoms with E-state index in [0.717, 1.165) is 10.0 Å². The van der Waals surface area contributed by atoms with Crippen LogP contribution in [0.2, 0.25) is 10.0 Å². The van der Waals surface area contributed by atoms with Crippen molar-refractivity contribution in [1.29, 1.82) is 0 Å². The molecule has 1 aliphatic rings. The smallest absolute Gasteiger partial charge is 0.254 e. The Labute approximate surface area is 153 Å². The lowest BCUT2D eigenvalue weighted by molar-refractivity contribution is -0.0228. The van der Waals surface area contributed by atoms with E-state index in [9.17, 15) is 4.79 Å². The molecule has 0 saturated carbocycles. The topological polar surface area (TPSA) is 29.5 Å². The number of benzene rings is 2. The lowest BCUT2D eigenvalue weighted by Gasteiger charge is -2.33. The highest BCUT2D eigenvalue weighted by molar-refractivity contribution is 9.10. The summed E-state index contributed by atoms with van der Waals surface area (Å²) in [4.78, 5) is 14.5. The Morgan fingerprint density at radius 2 is 1.91 bits per heavy atom. The van der Waals surface area contributed by atoms with E-state index in [1.54, 1.807) is 11.0 Å². The van der Waals surface area contributed by atoms with Crippen molar-refractivity contribution in [3.8, 4) is 0 Å². The van der Waals surface area contributed by atoms with Crippen LogP contribution in [0, 0.1) is 0 Å². The van der Waals surface area contributed by atoms with Gasteiger partial charge in [-0.2, -0.15) is 0 Å². The van der Waals surface area contributed by atoms with Gasteiger partial charge in [-0.1, -0.05) is 45.2 Å². The fourth-order valence-corrected chi connectivity index (χ4v) is 3.54. The average Bonchev–Trinajstić information content (AvgIpc) is 2.53. The lowest BCUT2D eigenvalue weighted by Crippen LogP contribution is -2.42. The van der Waals surface area contributed by atoms with Crippen LogP contribution in [0.15, 0.2) is 46.9 Å². The zero-order valence-electron chi connectivity index (χ0n) is 12.1. The molecule has 0 radical (unpaired) electrons. The second-order valence-electron chi connectivity index (χ2n) is 5.32. The van der Waals surface area contributed by atoms with Gasteiger partial charge in [0.05, 0.1) is 13.2 Å². The Balaban J connectivity index is 1.79. The van der Waals surface area contributed by atoms with Crippen molar-refractivity contribution in [3.63, 3.8) is 0 Å². The molecule has 6 heteroatoms. The number of carbonyl (C=O) groups is 1. The highest BCUT2D eigenvalue weighted by atomic mass is 79.9. The maximum Gasteiger partial charge on any atom is 0.254 e. The molecule has 2 aromatic carbocycles. The molecule has 3 nitrogen and oxygen atoms in total. The van der Waals surface area contributed by atoms with E-state index < -0.39 is 0 Å². The molecule has 23 heavy (non-hydrogen) atoms. The van der Waals surface area contributed by atoms with Crippen LogP contribution in [0.3, 0.4) is 0 Å². The van der Waals surface area contributed by atoms with E-state index in [0.29, 0.717) is 35.3 Å². The standard InChI is InChI=1S/C17H14BrCl2NO2/c18-13-3-1-2-11(6-13)17(22)21-4-5-23-16(10-21)12-7-14(19)9-15(20)8-12/h1-3,6-9,16H,4-5,10H2. The summed E-state index contributed by atoms with van der Waals surface area (Å²) in [7, 11) is 0. The van der Waals surface area contributed by atoms with E-state index >= 15 is 0 Å². The van der Waals surface area contributed by atoms with Gasteiger partial charge in [-0.25, -0.2) is 0 Å². The van der Waals surface area contributed by atoms with Crippen molar-refractivity contribution in [2.45, 2.75) is 6.10 Å². The van der Waals surface area contributed by atoms with Gasteiger partial charge in [0.15, 0.2) is 0 Å². The number of amides is 1. The summed E-state index contributed by atoms with van der Waals surface area (Å²) in [6, 6.07) is 12.7. The van der Waals surface area contributed by atoms with Crippen molar-refractivity contribution in [2.24, 2.45) is 0 Å². The Morgan fingerprint density at radius 3 is 2.61 bits per heavy atom. The molecule has 0 bridgehead atoms. The molecule has 0 aliphatic carbocycles. The van der Waals surface area contributed by atoms with Gasteiger partial charge in [0.1, 0.15) is 6.10 Å². The van der Waals surface area contributed by atoms with E-state index in [1.807, 2.05) is 36.4 Å². The van der Waals surface area contributed by atoms with Crippen molar-refractivity contribution < 1.29 is 9.53 Å². The van der Waals surface area contributed by atoms with Crippen LogP contribution < -0.4 is 0 Å². The summed E-state index contributed by atoms with van der Waals surface area (Å²) >= 11 is 15.5. The summed E-state index contributed by atoms with van der Waals surface area (Å²) in [5.74, 6) is -0.00674. The highest BCUT2D eigenvalue weighted by Crippen LogP contribution is 2.28. The molecule has 2 aromatic rings. The van der Waals surface area contributed by atoms with Gasteiger partial charge < -0.3 is 9.64 Å². The first-order chi connectivity index (χ1) is 11.0. The third-order valence-electron chi connectivity index (χ3n) is 3.68. The fraction of sp³-hybridized carbons (Fsp3) is 0.235. The molecule has 1 heterocycles. The molecular weight excluding hydrogens is 401 g/mol. The minimum absolute atomic E-state index is 0.00674. The predicted octanol–water partition coefficient (Wildman–Crippen LogP) is 4.97. The summed E-state index contributed by atoms with van der Waals surface area (Å²) in [5, 5.41) is 1.12. The SMILES string of the molecule is O=C(c1cccc(Br)c1)N1CCOC(c2cc(Cl)cc(Cl)c2)C1. The van der Waals surface area contributed by atoms with Crippen LogP contribution in [-0.4, -0.2) is 30.5 Å². The predicted molar refractivity (Wildman–Crippen MR) is 95.2 cm³/mol.